The van der Waals surface area contributed by atoms with E-state index in [2.05, 4.69) is 31.9 Å². The quantitative estimate of drug-likeness (QED) is 0.722. The number of amides is 1. The average Bonchev–Trinajstić information content (AvgIpc) is 2.83. The molecule has 1 amide bonds. The lowest BCUT2D eigenvalue weighted by Gasteiger charge is -2.24. The van der Waals surface area contributed by atoms with E-state index in [0.29, 0.717) is 6.04 Å². The summed E-state index contributed by atoms with van der Waals surface area (Å²) in [5, 5.41) is 1.02. The van der Waals surface area contributed by atoms with Crippen molar-refractivity contribution in [1.29, 1.82) is 0 Å². The molecule has 0 aliphatic carbocycles. The monoisotopic (exact) mass is 373 g/mol. The number of hydrogen-bond donors (Lipinski definition) is 0. The van der Waals surface area contributed by atoms with Crippen LogP contribution in [0.2, 0.25) is 0 Å². The minimum Gasteiger partial charge on any atom is -0.336 e. The maximum atomic E-state index is 12.5. The van der Waals surface area contributed by atoms with Crippen LogP contribution in [0.3, 0.4) is 0 Å². The smallest absolute Gasteiger partial charge is 0.254 e. The first kappa shape index (κ1) is 14.1. The molecule has 1 aliphatic heterocycles. The SMILES string of the molecule is O=C(c1cccc(Br)c1)N1CCCC1CCCBr. The van der Waals surface area contributed by atoms with Gasteiger partial charge in [0, 0.05) is 28.0 Å². The Hall–Kier alpha value is -0.350. The van der Waals surface area contributed by atoms with Crippen molar-refractivity contribution >= 4 is 37.8 Å². The fourth-order valence-corrected chi connectivity index (χ4v) is 3.23. The summed E-state index contributed by atoms with van der Waals surface area (Å²) in [6.45, 7) is 0.901. The molecule has 4 heteroatoms. The molecule has 0 N–H and O–H groups in total. The highest BCUT2D eigenvalue weighted by Gasteiger charge is 2.28. The predicted octanol–water partition coefficient (Wildman–Crippen LogP) is 4.23. The largest absolute Gasteiger partial charge is 0.336 e. The number of rotatable bonds is 4. The molecule has 0 spiro atoms. The van der Waals surface area contributed by atoms with Gasteiger partial charge in [0.2, 0.25) is 0 Å². The molecule has 18 heavy (non-hydrogen) atoms. The summed E-state index contributed by atoms with van der Waals surface area (Å²) in [5.41, 5.74) is 0.787. The number of benzene rings is 1. The van der Waals surface area contributed by atoms with Gasteiger partial charge >= 0.3 is 0 Å². The summed E-state index contributed by atoms with van der Waals surface area (Å²) in [6, 6.07) is 8.09. The van der Waals surface area contributed by atoms with Crippen molar-refractivity contribution < 1.29 is 4.79 Å². The molecule has 0 aromatic heterocycles. The second kappa shape index (κ2) is 6.71. The summed E-state index contributed by atoms with van der Waals surface area (Å²) in [4.78, 5) is 14.5. The Morgan fingerprint density at radius 3 is 3.00 bits per heavy atom. The van der Waals surface area contributed by atoms with Gasteiger partial charge in [-0.1, -0.05) is 37.9 Å². The fourth-order valence-electron chi connectivity index (χ4n) is 2.50. The van der Waals surface area contributed by atoms with Crippen molar-refractivity contribution in [3.63, 3.8) is 0 Å². The molecule has 0 radical (unpaired) electrons. The number of alkyl halides is 1. The normalized spacial score (nSPS) is 19.2. The van der Waals surface area contributed by atoms with Crippen LogP contribution in [0.4, 0.5) is 0 Å². The average molecular weight is 375 g/mol. The van der Waals surface area contributed by atoms with Gasteiger partial charge in [-0.2, -0.15) is 0 Å². The molecule has 1 heterocycles. The molecule has 1 aromatic carbocycles. The third-order valence-corrected chi connectivity index (χ3v) is 4.43. The fraction of sp³-hybridized carbons (Fsp3) is 0.500. The van der Waals surface area contributed by atoms with Gasteiger partial charge in [-0.3, -0.25) is 4.79 Å². The standard InChI is InChI=1S/C14H17Br2NO/c15-8-2-6-13-7-3-9-17(13)14(18)11-4-1-5-12(16)10-11/h1,4-5,10,13H,2-3,6-9H2. The van der Waals surface area contributed by atoms with Gasteiger partial charge in [0.05, 0.1) is 0 Å². The van der Waals surface area contributed by atoms with Crippen molar-refractivity contribution in [2.24, 2.45) is 0 Å². The number of nitrogens with zero attached hydrogens (tertiary/aromatic N) is 1. The Bertz CT molecular complexity index is 422. The van der Waals surface area contributed by atoms with Gasteiger partial charge in [0.25, 0.3) is 5.91 Å². The van der Waals surface area contributed by atoms with Gasteiger partial charge in [0.15, 0.2) is 0 Å². The maximum Gasteiger partial charge on any atom is 0.254 e. The van der Waals surface area contributed by atoms with E-state index in [0.717, 1.165) is 47.6 Å². The Morgan fingerprint density at radius 2 is 2.28 bits per heavy atom. The van der Waals surface area contributed by atoms with Crippen molar-refractivity contribution in [3.05, 3.63) is 34.3 Å². The molecule has 1 saturated heterocycles. The van der Waals surface area contributed by atoms with E-state index in [9.17, 15) is 4.79 Å². The van der Waals surface area contributed by atoms with Crippen LogP contribution in [-0.4, -0.2) is 28.7 Å². The van der Waals surface area contributed by atoms with E-state index < -0.39 is 0 Å². The second-order valence-corrected chi connectivity index (χ2v) is 6.34. The second-order valence-electron chi connectivity index (χ2n) is 4.64. The number of carbonyl (C=O) groups excluding carboxylic acids is 1. The van der Waals surface area contributed by atoms with Gasteiger partial charge in [-0.15, -0.1) is 0 Å². The van der Waals surface area contributed by atoms with Crippen LogP contribution in [0.1, 0.15) is 36.0 Å². The zero-order valence-corrected chi connectivity index (χ0v) is 13.4. The zero-order valence-electron chi connectivity index (χ0n) is 10.2. The highest BCUT2D eigenvalue weighted by atomic mass is 79.9. The first-order valence-corrected chi connectivity index (χ1v) is 8.26. The summed E-state index contributed by atoms with van der Waals surface area (Å²) < 4.78 is 0.963. The molecule has 1 unspecified atom stereocenters. The van der Waals surface area contributed by atoms with Crippen LogP contribution in [0, 0.1) is 0 Å². The van der Waals surface area contributed by atoms with Crippen LogP contribution in [-0.2, 0) is 0 Å². The summed E-state index contributed by atoms with van der Waals surface area (Å²) in [7, 11) is 0. The third kappa shape index (κ3) is 3.35. The van der Waals surface area contributed by atoms with Gasteiger partial charge in [-0.25, -0.2) is 0 Å². The minimum atomic E-state index is 0.174. The number of hydrogen-bond acceptors (Lipinski definition) is 1. The molecule has 2 nitrogen and oxygen atoms in total. The lowest BCUT2D eigenvalue weighted by atomic mass is 10.1. The third-order valence-electron chi connectivity index (χ3n) is 3.38. The molecule has 2 rings (SSSR count). The molecular weight excluding hydrogens is 358 g/mol. The van der Waals surface area contributed by atoms with Crippen LogP contribution in [0.25, 0.3) is 0 Å². The Balaban J connectivity index is 2.08. The van der Waals surface area contributed by atoms with E-state index in [1.54, 1.807) is 0 Å². The first-order valence-electron chi connectivity index (χ1n) is 6.35. The molecule has 1 atom stereocenters. The molecule has 1 fully saturated rings. The van der Waals surface area contributed by atoms with Crippen LogP contribution in [0.5, 0.6) is 0 Å². The Kier molecular flexibility index (Phi) is 5.25. The van der Waals surface area contributed by atoms with E-state index in [1.165, 1.54) is 0 Å². The lowest BCUT2D eigenvalue weighted by Crippen LogP contribution is -2.35. The predicted molar refractivity (Wildman–Crippen MR) is 81.2 cm³/mol. The molecule has 98 valence electrons. The molecule has 0 bridgehead atoms. The zero-order chi connectivity index (χ0) is 13.0. The van der Waals surface area contributed by atoms with E-state index in [1.807, 2.05) is 29.2 Å². The number of likely N-dealkylation sites (tertiary alicyclic amines) is 1. The summed E-state index contributed by atoms with van der Waals surface area (Å²) in [5.74, 6) is 0.174. The molecule has 1 aliphatic rings. The van der Waals surface area contributed by atoms with Crippen molar-refractivity contribution in [1.82, 2.24) is 4.90 Å². The van der Waals surface area contributed by atoms with E-state index >= 15 is 0 Å². The lowest BCUT2D eigenvalue weighted by molar-refractivity contribution is 0.0730. The highest BCUT2D eigenvalue weighted by molar-refractivity contribution is 9.10. The van der Waals surface area contributed by atoms with Gasteiger partial charge < -0.3 is 4.90 Å². The van der Waals surface area contributed by atoms with Crippen molar-refractivity contribution in [3.8, 4) is 0 Å². The van der Waals surface area contributed by atoms with Crippen LogP contribution < -0.4 is 0 Å². The highest BCUT2D eigenvalue weighted by Crippen LogP contribution is 2.24. The molecule has 0 saturated carbocycles. The molecular formula is C14H17Br2NO. The summed E-state index contributed by atoms with van der Waals surface area (Å²) in [6.07, 6.45) is 4.51. The number of halogens is 2. The maximum absolute atomic E-state index is 12.5. The number of carbonyl (C=O) groups is 1. The Labute approximate surface area is 125 Å². The van der Waals surface area contributed by atoms with Crippen molar-refractivity contribution in [2.75, 3.05) is 11.9 Å². The molecule has 1 aromatic rings. The van der Waals surface area contributed by atoms with E-state index in [-0.39, 0.29) is 5.91 Å². The first-order chi connectivity index (χ1) is 8.72. The van der Waals surface area contributed by atoms with Crippen LogP contribution >= 0.6 is 31.9 Å². The van der Waals surface area contributed by atoms with Gasteiger partial charge in [-0.05, 0) is 43.9 Å². The summed E-state index contributed by atoms with van der Waals surface area (Å²) >= 11 is 6.88. The Morgan fingerprint density at radius 1 is 1.44 bits per heavy atom. The van der Waals surface area contributed by atoms with Crippen LogP contribution in [0.15, 0.2) is 28.7 Å². The van der Waals surface area contributed by atoms with E-state index in [4.69, 9.17) is 0 Å². The topological polar surface area (TPSA) is 20.3 Å². The van der Waals surface area contributed by atoms with Gasteiger partial charge in [0.1, 0.15) is 0 Å². The minimum absolute atomic E-state index is 0.174. The van der Waals surface area contributed by atoms with Crippen molar-refractivity contribution in [2.45, 2.75) is 31.7 Å².